The molecule has 0 aromatic carbocycles. The Balaban J connectivity index is 1.87. The van der Waals surface area contributed by atoms with Gasteiger partial charge in [-0.1, -0.05) is 6.07 Å². The van der Waals surface area contributed by atoms with Crippen LogP contribution in [0, 0.1) is 5.92 Å². The first kappa shape index (κ1) is 13.1. The fourth-order valence-electron chi connectivity index (χ4n) is 2.33. The molecule has 1 aromatic heterocycles. The lowest BCUT2D eigenvalue weighted by Gasteiger charge is -2.16. The number of rotatable bonds is 4. The molecule has 1 fully saturated rings. The zero-order valence-corrected chi connectivity index (χ0v) is 11.1. The molecule has 0 saturated heterocycles. The maximum Gasteiger partial charge on any atom is 0.306 e. The molecule has 4 nitrogen and oxygen atoms in total. The fraction of sp³-hybridized carbons (Fsp3) is 0.538. The third kappa shape index (κ3) is 2.90. The molecule has 0 spiro atoms. The van der Waals surface area contributed by atoms with Crippen molar-refractivity contribution < 1.29 is 14.7 Å². The molecule has 1 aromatic rings. The molecule has 1 aliphatic rings. The van der Waals surface area contributed by atoms with Crippen LogP contribution in [-0.2, 0) is 9.59 Å². The van der Waals surface area contributed by atoms with Crippen molar-refractivity contribution >= 4 is 23.2 Å². The molecule has 2 N–H and O–H groups in total. The lowest BCUT2D eigenvalue weighted by molar-refractivity contribution is -0.141. The molecule has 0 aliphatic heterocycles. The maximum absolute atomic E-state index is 12.0. The SMILES string of the molecule is CC(C(=O)N[C@@H]1CC[C@H](C(=O)O)C1)c1cccs1. The summed E-state index contributed by atoms with van der Waals surface area (Å²) < 4.78 is 0. The zero-order valence-electron chi connectivity index (χ0n) is 10.3. The Hall–Kier alpha value is -1.36. The van der Waals surface area contributed by atoms with Crippen LogP contribution in [0.1, 0.15) is 37.0 Å². The minimum atomic E-state index is -0.752. The topological polar surface area (TPSA) is 66.4 Å². The van der Waals surface area contributed by atoms with Gasteiger partial charge in [0.2, 0.25) is 5.91 Å². The smallest absolute Gasteiger partial charge is 0.306 e. The number of thiophene rings is 1. The van der Waals surface area contributed by atoms with Gasteiger partial charge in [-0.05, 0) is 37.6 Å². The summed E-state index contributed by atoms with van der Waals surface area (Å²) in [6.07, 6.45) is 1.98. The van der Waals surface area contributed by atoms with E-state index in [-0.39, 0.29) is 23.8 Å². The number of hydrogen-bond donors (Lipinski definition) is 2. The van der Waals surface area contributed by atoms with Gasteiger partial charge >= 0.3 is 5.97 Å². The Bertz CT molecular complexity index is 429. The van der Waals surface area contributed by atoms with E-state index in [1.807, 2.05) is 24.4 Å². The van der Waals surface area contributed by atoms with Crippen LogP contribution in [0.25, 0.3) is 0 Å². The minimum Gasteiger partial charge on any atom is -0.481 e. The third-order valence-corrected chi connectivity index (χ3v) is 4.55. The minimum absolute atomic E-state index is 0.00603. The number of carboxylic acids is 1. The van der Waals surface area contributed by atoms with Crippen molar-refractivity contribution in [3.8, 4) is 0 Å². The Morgan fingerprint density at radius 1 is 1.50 bits per heavy atom. The molecule has 1 amide bonds. The summed E-state index contributed by atoms with van der Waals surface area (Å²) in [5, 5.41) is 13.8. The van der Waals surface area contributed by atoms with Crippen LogP contribution in [0.15, 0.2) is 17.5 Å². The van der Waals surface area contributed by atoms with Crippen LogP contribution in [0.3, 0.4) is 0 Å². The van der Waals surface area contributed by atoms with Crippen molar-refractivity contribution in [3.63, 3.8) is 0 Å². The summed E-state index contributed by atoms with van der Waals surface area (Å²) in [5.41, 5.74) is 0. The first-order chi connectivity index (χ1) is 8.58. The van der Waals surface area contributed by atoms with Gasteiger partial charge in [-0.2, -0.15) is 0 Å². The quantitative estimate of drug-likeness (QED) is 0.879. The van der Waals surface area contributed by atoms with Crippen molar-refractivity contribution in [2.75, 3.05) is 0 Å². The molecular formula is C13H17NO3S. The molecule has 1 heterocycles. The molecular weight excluding hydrogens is 250 g/mol. The summed E-state index contributed by atoms with van der Waals surface area (Å²) >= 11 is 1.57. The Morgan fingerprint density at radius 2 is 2.28 bits per heavy atom. The highest BCUT2D eigenvalue weighted by atomic mass is 32.1. The summed E-state index contributed by atoms with van der Waals surface area (Å²) in [6.45, 7) is 1.88. The van der Waals surface area contributed by atoms with Crippen LogP contribution in [0.2, 0.25) is 0 Å². The van der Waals surface area contributed by atoms with Gasteiger partial charge in [-0.25, -0.2) is 0 Å². The number of aliphatic carboxylic acids is 1. The van der Waals surface area contributed by atoms with E-state index in [0.29, 0.717) is 12.8 Å². The molecule has 18 heavy (non-hydrogen) atoms. The van der Waals surface area contributed by atoms with E-state index in [1.165, 1.54) is 0 Å². The second-order valence-electron chi connectivity index (χ2n) is 4.79. The standard InChI is InChI=1S/C13H17NO3S/c1-8(11-3-2-6-18-11)12(15)14-10-5-4-9(7-10)13(16)17/h2-3,6,8-10H,4-5,7H2,1H3,(H,14,15)(H,16,17)/t8?,9-,10+/m0/s1. The van der Waals surface area contributed by atoms with Gasteiger partial charge in [-0.15, -0.1) is 11.3 Å². The van der Waals surface area contributed by atoms with Crippen molar-refractivity contribution in [2.24, 2.45) is 5.92 Å². The van der Waals surface area contributed by atoms with Crippen LogP contribution in [0.4, 0.5) is 0 Å². The Labute approximate surface area is 110 Å². The van der Waals surface area contributed by atoms with E-state index in [1.54, 1.807) is 11.3 Å². The number of carboxylic acid groups (broad SMARTS) is 1. The van der Waals surface area contributed by atoms with E-state index < -0.39 is 5.97 Å². The van der Waals surface area contributed by atoms with Gasteiger partial charge in [0, 0.05) is 10.9 Å². The van der Waals surface area contributed by atoms with Crippen LogP contribution >= 0.6 is 11.3 Å². The van der Waals surface area contributed by atoms with E-state index in [4.69, 9.17) is 5.11 Å². The molecule has 1 unspecified atom stereocenters. The lowest BCUT2D eigenvalue weighted by Crippen LogP contribution is -2.36. The monoisotopic (exact) mass is 267 g/mol. The number of nitrogens with one attached hydrogen (secondary N) is 1. The second kappa shape index (κ2) is 5.52. The van der Waals surface area contributed by atoms with E-state index in [2.05, 4.69) is 5.32 Å². The fourth-order valence-corrected chi connectivity index (χ4v) is 3.11. The number of amides is 1. The highest BCUT2D eigenvalue weighted by Crippen LogP contribution is 2.27. The first-order valence-corrected chi connectivity index (χ1v) is 7.02. The average molecular weight is 267 g/mol. The van der Waals surface area contributed by atoms with Crippen molar-refractivity contribution in [1.29, 1.82) is 0 Å². The van der Waals surface area contributed by atoms with Crippen molar-refractivity contribution in [1.82, 2.24) is 5.32 Å². The predicted octanol–water partition coefficient (Wildman–Crippen LogP) is 2.22. The number of carbonyl (C=O) groups is 2. The zero-order chi connectivity index (χ0) is 13.1. The molecule has 3 atom stereocenters. The van der Waals surface area contributed by atoms with Gasteiger partial charge in [0.05, 0.1) is 11.8 Å². The third-order valence-electron chi connectivity index (χ3n) is 3.49. The van der Waals surface area contributed by atoms with Gasteiger partial charge in [0.15, 0.2) is 0 Å². The van der Waals surface area contributed by atoms with E-state index in [9.17, 15) is 9.59 Å². The van der Waals surface area contributed by atoms with Gasteiger partial charge < -0.3 is 10.4 Å². The summed E-state index contributed by atoms with van der Waals surface area (Å²) in [6, 6.07) is 3.89. The first-order valence-electron chi connectivity index (χ1n) is 6.14. The van der Waals surface area contributed by atoms with Crippen molar-refractivity contribution in [3.05, 3.63) is 22.4 Å². The van der Waals surface area contributed by atoms with E-state index >= 15 is 0 Å². The van der Waals surface area contributed by atoms with Crippen LogP contribution in [-0.4, -0.2) is 23.0 Å². The van der Waals surface area contributed by atoms with E-state index in [0.717, 1.165) is 11.3 Å². The molecule has 98 valence electrons. The van der Waals surface area contributed by atoms with Crippen molar-refractivity contribution in [2.45, 2.75) is 38.1 Å². The summed E-state index contributed by atoms with van der Waals surface area (Å²) in [7, 11) is 0. The van der Waals surface area contributed by atoms with Gasteiger partial charge in [0.1, 0.15) is 0 Å². The van der Waals surface area contributed by atoms with Gasteiger partial charge in [-0.3, -0.25) is 9.59 Å². The maximum atomic E-state index is 12.0. The molecule has 0 radical (unpaired) electrons. The van der Waals surface area contributed by atoms with Crippen LogP contribution < -0.4 is 5.32 Å². The predicted molar refractivity (Wildman–Crippen MR) is 69.6 cm³/mol. The Morgan fingerprint density at radius 3 is 2.83 bits per heavy atom. The Kier molecular flexibility index (Phi) is 4.01. The van der Waals surface area contributed by atoms with Crippen LogP contribution in [0.5, 0.6) is 0 Å². The summed E-state index contributed by atoms with van der Waals surface area (Å²) in [5.74, 6) is -1.22. The number of hydrogen-bond acceptors (Lipinski definition) is 3. The number of carbonyl (C=O) groups excluding carboxylic acids is 1. The second-order valence-corrected chi connectivity index (χ2v) is 5.77. The normalized spacial score (nSPS) is 24.7. The molecule has 2 rings (SSSR count). The average Bonchev–Trinajstić information content (AvgIpc) is 2.98. The molecule has 0 bridgehead atoms. The molecule has 1 aliphatic carbocycles. The summed E-state index contributed by atoms with van der Waals surface area (Å²) in [4.78, 5) is 23.9. The lowest BCUT2D eigenvalue weighted by atomic mass is 10.1. The molecule has 1 saturated carbocycles. The molecule has 5 heteroatoms. The highest BCUT2D eigenvalue weighted by molar-refractivity contribution is 7.10. The highest BCUT2D eigenvalue weighted by Gasteiger charge is 2.31. The largest absolute Gasteiger partial charge is 0.481 e. The van der Waals surface area contributed by atoms with Gasteiger partial charge in [0.25, 0.3) is 0 Å².